The van der Waals surface area contributed by atoms with E-state index in [4.69, 9.17) is 5.11 Å². The molecule has 2 heterocycles. The highest BCUT2D eigenvalue weighted by atomic mass is 79.9. The Morgan fingerprint density at radius 3 is 2.71 bits per heavy atom. The van der Waals surface area contributed by atoms with Crippen molar-refractivity contribution >= 4 is 33.2 Å². The molecule has 90 valence electrons. The number of carboxylic acids is 1. The second-order valence-corrected chi connectivity index (χ2v) is 6.20. The maximum absolute atomic E-state index is 11.1. The highest BCUT2D eigenvalue weighted by molar-refractivity contribution is 9.11. The van der Waals surface area contributed by atoms with Crippen molar-refractivity contribution in [3.63, 3.8) is 0 Å². The third kappa shape index (κ3) is 2.25. The molecular formula is C10H10BrN3O2S. The minimum absolute atomic E-state index is 0.00644. The fraction of sp³-hybridized carbons (Fsp3) is 0.300. The molecule has 0 amide bonds. The molecule has 7 heteroatoms. The summed E-state index contributed by atoms with van der Waals surface area (Å²) in [6.07, 6.45) is 0. The number of hydrogen-bond acceptors (Lipinski definition) is 4. The van der Waals surface area contributed by atoms with E-state index >= 15 is 0 Å². The number of thiophene rings is 1. The van der Waals surface area contributed by atoms with Crippen LogP contribution >= 0.6 is 27.3 Å². The number of carbonyl (C=O) groups is 1. The van der Waals surface area contributed by atoms with E-state index in [1.807, 2.05) is 26.0 Å². The van der Waals surface area contributed by atoms with Crippen LogP contribution in [0.2, 0.25) is 0 Å². The Labute approximate surface area is 110 Å². The molecule has 0 spiro atoms. The van der Waals surface area contributed by atoms with E-state index < -0.39 is 5.97 Å². The zero-order chi connectivity index (χ0) is 12.6. The van der Waals surface area contributed by atoms with Crippen molar-refractivity contribution in [1.29, 1.82) is 0 Å². The smallest absolute Gasteiger partial charge is 0.358 e. The summed E-state index contributed by atoms with van der Waals surface area (Å²) in [6, 6.07) is 3.80. The number of aromatic nitrogens is 3. The first-order valence-corrected chi connectivity index (χ1v) is 6.56. The third-order valence-electron chi connectivity index (χ3n) is 2.19. The summed E-state index contributed by atoms with van der Waals surface area (Å²) in [5, 5.41) is 16.7. The Balaban J connectivity index is 2.63. The van der Waals surface area contributed by atoms with Crippen LogP contribution in [-0.4, -0.2) is 26.1 Å². The van der Waals surface area contributed by atoms with Crippen molar-refractivity contribution in [2.45, 2.75) is 19.9 Å². The van der Waals surface area contributed by atoms with E-state index in [-0.39, 0.29) is 11.7 Å². The van der Waals surface area contributed by atoms with Crippen molar-refractivity contribution < 1.29 is 9.90 Å². The standard InChI is InChI=1S/C10H10BrN3O2S/c1-5(2)14-9(6-3-4-7(11)17-6)8(10(15)16)12-13-14/h3-5H,1-2H3,(H,15,16). The molecule has 2 rings (SSSR count). The number of carboxylic acid groups (broad SMARTS) is 1. The molecule has 0 atom stereocenters. The van der Waals surface area contributed by atoms with E-state index in [0.29, 0.717) is 5.69 Å². The molecule has 5 nitrogen and oxygen atoms in total. The monoisotopic (exact) mass is 315 g/mol. The number of halogens is 1. The number of rotatable bonds is 3. The Morgan fingerprint density at radius 2 is 2.24 bits per heavy atom. The van der Waals surface area contributed by atoms with Crippen LogP contribution in [0.5, 0.6) is 0 Å². The summed E-state index contributed by atoms with van der Waals surface area (Å²) in [6.45, 7) is 3.87. The van der Waals surface area contributed by atoms with Crippen molar-refractivity contribution in [2.75, 3.05) is 0 Å². The van der Waals surface area contributed by atoms with Crippen LogP contribution in [0, 0.1) is 0 Å². The molecule has 1 N–H and O–H groups in total. The minimum Gasteiger partial charge on any atom is -0.476 e. The average molecular weight is 316 g/mol. The predicted octanol–water partition coefficient (Wildman–Crippen LogP) is 3.05. The Kier molecular flexibility index (Phi) is 3.30. The maximum Gasteiger partial charge on any atom is 0.358 e. The summed E-state index contributed by atoms with van der Waals surface area (Å²) in [5.74, 6) is -1.06. The van der Waals surface area contributed by atoms with E-state index in [0.717, 1.165) is 8.66 Å². The molecule has 2 aromatic heterocycles. The summed E-state index contributed by atoms with van der Waals surface area (Å²) >= 11 is 4.82. The van der Waals surface area contributed by atoms with Crippen LogP contribution in [0.4, 0.5) is 0 Å². The first-order valence-electron chi connectivity index (χ1n) is 4.95. The summed E-state index contributed by atoms with van der Waals surface area (Å²) in [7, 11) is 0. The van der Waals surface area contributed by atoms with Gasteiger partial charge in [0.15, 0.2) is 5.69 Å². The van der Waals surface area contributed by atoms with Gasteiger partial charge in [0, 0.05) is 6.04 Å². The molecule has 0 aliphatic heterocycles. The van der Waals surface area contributed by atoms with Gasteiger partial charge >= 0.3 is 5.97 Å². The van der Waals surface area contributed by atoms with Crippen LogP contribution in [0.1, 0.15) is 30.4 Å². The van der Waals surface area contributed by atoms with Gasteiger partial charge < -0.3 is 5.11 Å². The van der Waals surface area contributed by atoms with Crippen LogP contribution < -0.4 is 0 Å². The van der Waals surface area contributed by atoms with Gasteiger partial charge in [-0.15, -0.1) is 16.4 Å². The van der Waals surface area contributed by atoms with Crippen LogP contribution in [0.15, 0.2) is 15.9 Å². The van der Waals surface area contributed by atoms with Gasteiger partial charge in [-0.1, -0.05) is 5.21 Å². The molecule has 0 aliphatic rings. The van der Waals surface area contributed by atoms with E-state index in [2.05, 4.69) is 26.2 Å². The Bertz CT molecular complexity index is 562. The molecule has 0 bridgehead atoms. The molecular weight excluding hydrogens is 306 g/mol. The topological polar surface area (TPSA) is 68.0 Å². The van der Waals surface area contributed by atoms with Crippen LogP contribution in [0.25, 0.3) is 10.6 Å². The third-order valence-corrected chi connectivity index (χ3v) is 3.82. The molecule has 0 saturated carbocycles. The van der Waals surface area contributed by atoms with Gasteiger partial charge in [-0.05, 0) is 41.9 Å². The zero-order valence-corrected chi connectivity index (χ0v) is 11.6. The molecule has 0 radical (unpaired) electrons. The quantitative estimate of drug-likeness (QED) is 0.945. The second kappa shape index (κ2) is 4.58. The lowest BCUT2D eigenvalue weighted by molar-refractivity contribution is 0.0691. The van der Waals surface area contributed by atoms with Gasteiger partial charge in [0.1, 0.15) is 5.69 Å². The number of aromatic carboxylic acids is 1. The molecule has 0 unspecified atom stereocenters. The molecule has 0 aromatic carbocycles. The SMILES string of the molecule is CC(C)n1nnc(C(=O)O)c1-c1ccc(Br)s1. The lowest BCUT2D eigenvalue weighted by Gasteiger charge is -2.08. The first kappa shape index (κ1) is 12.3. The van der Waals surface area contributed by atoms with Crippen molar-refractivity contribution in [1.82, 2.24) is 15.0 Å². The van der Waals surface area contributed by atoms with Gasteiger partial charge in [-0.3, -0.25) is 0 Å². The fourth-order valence-corrected chi connectivity index (χ4v) is 2.89. The van der Waals surface area contributed by atoms with Gasteiger partial charge in [0.2, 0.25) is 0 Å². The van der Waals surface area contributed by atoms with Crippen LogP contribution in [-0.2, 0) is 0 Å². The normalized spacial score (nSPS) is 11.1. The minimum atomic E-state index is -1.06. The van der Waals surface area contributed by atoms with Crippen LogP contribution in [0.3, 0.4) is 0 Å². The first-order chi connectivity index (χ1) is 8.00. The highest BCUT2D eigenvalue weighted by Gasteiger charge is 2.22. The van der Waals surface area contributed by atoms with Gasteiger partial charge in [0.05, 0.1) is 8.66 Å². The van der Waals surface area contributed by atoms with Gasteiger partial charge in [-0.2, -0.15) is 0 Å². The van der Waals surface area contributed by atoms with Gasteiger partial charge in [-0.25, -0.2) is 9.48 Å². The lowest BCUT2D eigenvalue weighted by atomic mass is 10.2. The summed E-state index contributed by atoms with van der Waals surface area (Å²) in [5.41, 5.74) is 0.552. The average Bonchev–Trinajstić information content (AvgIpc) is 2.81. The highest BCUT2D eigenvalue weighted by Crippen LogP contribution is 2.33. The molecule has 0 aliphatic carbocycles. The van der Waals surface area contributed by atoms with E-state index in [1.54, 1.807) is 4.68 Å². The zero-order valence-electron chi connectivity index (χ0n) is 9.22. The van der Waals surface area contributed by atoms with Crippen molar-refractivity contribution in [2.24, 2.45) is 0 Å². The summed E-state index contributed by atoms with van der Waals surface area (Å²) < 4.78 is 2.57. The molecule has 17 heavy (non-hydrogen) atoms. The second-order valence-electron chi connectivity index (χ2n) is 3.73. The van der Waals surface area contributed by atoms with Crippen molar-refractivity contribution in [3.05, 3.63) is 21.6 Å². The maximum atomic E-state index is 11.1. The van der Waals surface area contributed by atoms with Crippen molar-refractivity contribution in [3.8, 4) is 10.6 Å². The predicted molar refractivity (Wildman–Crippen MR) is 68.4 cm³/mol. The van der Waals surface area contributed by atoms with E-state index in [9.17, 15) is 4.79 Å². The molecule has 2 aromatic rings. The number of hydrogen-bond donors (Lipinski definition) is 1. The molecule has 0 saturated heterocycles. The largest absolute Gasteiger partial charge is 0.476 e. The fourth-order valence-electron chi connectivity index (χ4n) is 1.47. The number of nitrogens with zero attached hydrogens (tertiary/aromatic N) is 3. The molecule has 0 fully saturated rings. The van der Waals surface area contributed by atoms with Gasteiger partial charge in [0.25, 0.3) is 0 Å². The van der Waals surface area contributed by atoms with E-state index in [1.165, 1.54) is 11.3 Å². The Morgan fingerprint density at radius 1 is 1.53 bits per heavy atom. The lowest BCUT2D eigenvalue weighted by Crippen LogP contribution is -2.06. The summed E-state index contributed by atoms with van der Waals surface area (Å²) in [4.78, 5) is 12.0. The Hall–Kier alpha value is -1.21.